The van der Waals surface area contributed by atoms with Crippen LogP contribution in [-0.2, 0) is 11.3 Å². The third kappa shape index (κ3) is 5.68. The number of nitrogens with two attached hydrogens (primary N) is 1. The fourth-order valence-electron chi connectivity index (χ4n) is 3.70. The van der Waals surface area contributed by atoms with Gasteiger partial charge in [-0.2, -0.15) is 0 Å². The fraction of sp³-hybridized carbons (Fsp3) is 0.348. The van der Waals surface area contributed by atoms with E-state index in [9.17, 15) is 4.79 Å². The van der Waals surface area contributed by atoms with Gasteiger partial charge in [0.2, 0.25) is 5.91 Å². The van der Waals surface area contributed by atoms with E-state index >= 15 is 0 Å². The van der Waals surface area contributed by atoms with Gasteiger partial charge < -0.3 is 10.6 Å². The van der Waals surface area contributed by atoms with E-state index in [4.69, 9.17) is 5.84 Å². The Labute approximate surface area is 167 Å². The molecule has 0 atom stereocenters. The first-order valence-corrected chi connectivity index (χ1v) is 10.0. The molecule has 0 saturated heterocycles. The summed E-state index contributed by atoms with van der Waals surface area (Å²) in [6.45, 7) is 4.85. The Morgan fingerprint density at radius 2 is 1.79 bits per heavy atom. The van der Waals surface area contributed by atoms with Crippen LogP contribution in [0.15, 0.2) is 60.8 Å². The van der Waals surface area contributed by atoms with Crippen molar-refractivity contribution >= 4 is 11.6 Å². The van der Waals surface area contributed by atoms with Crippen molar-refractivity contribution in [3.63, 3.8) is 0 Å². The Bertz CT molecular complexity index is 795. The number of hydrogen-bond acceptors (Lipinski definition) is 4. The molecule has 0 aliphatic heterocycles. The lowest BCUT2D eigenvalue weighted by Crippen LogP contribution is -2.36. The first kappa shape index (κ1) is 20.1. The molecule has 1 aliphatic rings. The van der Waals surface area contributed by atoms with Crippen molar-refractivity contribution < 1.29 is 4.79 Å². The van der Waals surface area contributed by atoms with Crippen molar-refractivity contribution in [3.05, 3.63) is 66.4 Å². The van der Waals surface area contributed by atoms with Crippen molar-refractivity contribution in [1.82, 2.24) is 10.7 Å². The zero-order valence-corrected chi connectivity index (χ0v) is 16.3. The van der Waals surface area contributed by atoms with Crippen LogP contribution >= 0.6 is 0 Å². The summed E-state index contributed by atoms with van der Waals surface area (Å²) in [6.07, 6.45) is 6.46. The van der Waals surface area contributed by atoms with Gasteiger partial charge in [-0.15, -0.1) is 0 Å². The Morgan fingerprint density at radius 1 is 1.04 bits per heavy atom. The number of rotatable bonds is 8. The molecule has 1 fully saturated rings. The maximum Gasteiger partial charge on any atom is 0.235 e. The van der Waals surface area contributed by atoms with E-state index in [0.29, 0.717) is 12.5 Å². The van der Waals surface area contributed by atoms with Gasteiger partial charge >= 0.3 is 0 Å². The molecule has 0 radical (unpaired) electrons. The van der Waals surface area contributed by atoms with Crippen LogP contribution in [0.3, 0.4) is 0 Å². The number of hydrogen-bond donors (Lipinski definition) is 4. The highest BCUT2D eigenvalue weighted by Gasteiger charge is 2.16. The summed E-state index contributed by atoms with van der Waals surface area (Å²) >= 11 is 0. The second-order valence-corrected chi connectivity index (χ2v) is 7.42. The molecule has 2 aromatic carbocycles. The molecule has 0 heterocycles. The molecule has 28 heavy (non-hydrogen) atoms. The van der Waals surface area contributed by atoms with Crippen LogP contribution in [0.2, 0.25) is 0 Å². The number of allylic oxidation sites excluding steroid dienone is 1. The van der Waals surface area contributed by atoms with Crippen LogP contribution < -0.4 is 21.9 Å². The second-order valence-electron chi connectivity index (χ2n) is 7.42. The smallest absolute Gasteiger partial charge is 0.235 e. The predicted octanol–water partition coefficient (Wildman–Crippen LogP) is 3.94. The van der Waals surface area contributed by atoms with Gasteiger partial charge in [0.25, 0.3) is 0 Å². The van der Waals surface area contributed by atoms with Gasteiger partial charge in [0.1, 0.15) is 0 Å². The lowest BCUT2D eigenvalue weighted by molar-refractivity contribution is -0.120. The van der Waals surface area contributed by atoms with Crippen molar-refractivity contribution in [3.8, 4) is 11.1 Å². The highest BCUT2D eigenvalue weighted by molar-refractivity contribution is 5.78. The fourth-order valence-corrected chi connectivity index (χ4v) is 3.70. The molecule has 0 spiro atoms. The largest absolute Gasteiger partial charge is 0.359 e. The third-order valence-corrected chi connectivity index (χ3v) is 5.30. The third-order valence-electron chi connectivity index (χ3n) is 5.30. The Hall–Kier alpha value is -2.63. The maximum absolute atomic E-state index is 11.5. The van der Waals surface area contributed by atoms with Crippen molar-refractivity contribution in [2.75, 3.05) is 11.9 Å². The quantitative estimate of drug-likeness (QED) is 0.414. The second kappa shape index (κ2) is 10.1. The molecule has 5 heteroatoms. The van der Waals surface area contributed by atoms with Gasteiger partial charge in [0.15, 0.2) is 0 Å². The Kier molecular flexibility index (Phi) is 7.23. The van der Waals surface area contributed by atoms with Gasteiger partial charge in [0, 0.05) is 17.9 Å². The Morgan fingerprint density at radius 3 is 2.50 bits per heavy atom. The number of benzene rings is 2. The summed E-state index contributed by atoms with van der Waals surface area (Å²) in [5, 5.41) is 6.33. The summed E-state index contributed by atoms with van der Waals surface area (Å²) in [5.41, 5.74) is 7.90. The number of hydrazine groups is 1. The standard InChI is InChI=1S/C23H30N4O/c1-17(19-7-3-2-4-8-19)27-22-12-10-20(11-13-22)21-9-5-6-18(14-21)15-25-23(28)16-26-24/h5-6,9-14,19,26-27H,1-4,7-8,15-16,24H2,(H,25,28). The summed E-state index contributed by atoms with van der Waals surface area (Å²) in [4.78, 5) is 11.5. The average molecular weight is 379 g/mol. The molecule has 0 bridgehead atoms. The lowest BCUT2D eigenvalue weighted by Gasteiger charge is -2.24. The van der Waals surface area contributed by atoms with Crippen molar-refractivity contribution in [1.29, 1.82) is 0 Å². The maximum atomic E-state index is 11.5. The minimum Gasteiger partial charge on any atom is -0.359 e. The lowest BCUT2D eigenvalue weighted by atomic mass is 9.87. The van der Waals surface area contributed by atoms with E-state index in [0.717, 1.165) is 28.1 Å². The van der Waals surface area contributed by atoms with Crippen molar-refractivity contribution in [2.24, 2.45) is 11.8 Å². The van der Waals surface area contributed by atoms with Crippen LogP contribution in [0, 0.1) is 5.92 Å². The number of amides is 1. The van der Waals surface area contributed by atoms with Crippen LogP contribution in [-0.4, -0.2) is 12.5 Å². The minimum atomic E-state index is -0.124. The van der Waals surface area contributed by atoms with Gasteiger partial charge in [-0.25, -0.2) is 0 Å². The van der Waals surface area contributed by atoms with E-state index in [-0.39, 0.29) is 12.5 Å². The Balaban J connectivity index is 1.60. The van der Waals surface area contributed by atoms with E-state index in [2.05, 4.69) is 59.0 Å². The highest BCUT2D eigenvalue weighted by Crippen LogP contribution is 2.30. The van der Waals surface area contributed by atoms with Gasteiger partial charge in [0.05, 0.1) is 6.54 Å². The zero-order valence-electron chi connectivity index (χ0n) is 16.3. The van der Waals surface area contributed by atoms with Gasteiger partial charge in [-0.3, -0.25) is 16.1 Å². The SMILES string of the molecule is C=C(Nc1ccc(-c2cccc(CNC(=O)CNN)c2)cc1)C1CCCCC1. The molecular formula is C23H30N4O. The summed E-state index contributed by atoms with van der Waals surface area (Å²) in [5.74, 6) is 5.63. The molecule has 148 valence electrons. The van der Waals surface area contributed by atoms with E-state index in [1.807, 2.05) is 12.1 Å². The molecule has 0 unspecified atom stereocenters. The molecule has 0 aromatic heterocycles. The van der Waals surface area contributed by atoms with E-state index in [1.165, 1.54) is 32.1 Å². The summed E-state index contributed by atoms with van der Waals surface area (Å²) in [6, 6.07) is 16.6. The molecule has 5 N–H and O–H groups in total. The molecule has 1 saturated carbocycles. The van der Waals surface area contributed by atoms with E-state index in [1.54, 1.807) is 0 Å². The molecule has 5 nitrogen and oxygen atoms in total. The van der Waals surface area contributed by atoms with Crippen LogP contribution in [0.5, 0.6) is 0 Å². The minimum absolute atomic E-state index is 0.111. The number of anilines is 1. The highest BCUT2D eigenvalue weighted by atomic mass is 16.1. The van der Waals surface area contributed by atoms with E-state index < -0.39 is 0 Å². The number of nitrogens with one attached hydrogen (secondary N) is 3. The molecule has 3 rings (SSSR count). The van der Waals surface area contributed by atoms with Crippen LogP contribution in [0.4, 0.5) is 5.69 Å². The number of carbonyl (C=O) groups excluding carboxylic acids is 1. The molecular weight excluding hydrogens is 348 g/mol. The zero-order chi connectivity index (χ0) is 19.8. The normalized spacial score (nSPS) is 14.5. The van der Waals surface area contributed by atoms with Gasteiger partial charge in [-0.05, 0) is 53.6 Å². The average Bonchev–Trinajstić information content (AvgIpc) is 2.74. The molecule has 1 amide bonds. The molecule has 1 aliphatic carbocycles. The number of carbonyl (C=O) groups is 1. The van der Waals surface area contributed by atoms with Crippen LogP contribution in [0.25, 0.3) is 11.1 Å². The summed E-state index contributed by atoms with van der Waals surface area (Å²) < 4.78 is 0. The van der Waals surface area contributed by atoms with Gasteiger partial charge in [-0.1, -0.05) is 56.2 Å². The van der Waals surface area contributed by atoms with Crippen LogP contribution in [0.1, 0.15) is 37.7 Å². The van der Waals surface area contributed by atoms with Crippen molar-refractivity contribution in [2.45, 2.75) is 38.6 Å². The predicted molar refractivity (Wildman–Crippen MR) is 115 cm³/mol. The molecule has 2 aromatic rings. The monoisotopic (exact) mass is 378 g/mol. The first-order chi connectivity index (χ1) is 13.7. The summed E-state index contributed by atoms with van der Waals surface area (Å²) in [7, 11) is 0. The topological polar surface area (TPSA) is 79.2 Å². The first-order valence-electron chi connectivity index (χ1n) is 10.0.